The maximum atomic E-state index is 13.3. The number of nitrogens with zero attached hydrogens (tertiary/aromatic N) is 3. The predicted octanol–water partition coefficient (Wildman–Crippen LogP) is 4.60. The highest BCUT2D eigenvalue weighted by atomic mass is 32.2. The molecule has 2 aromatic rings. The lowest BCUT2D eigenvalue weighted by Gasteiger charge is -2.40. The lowest BCUT2D eigenvalue weighted by Crippen LogP contribution is -2.50. The number of thioether (sulfide) groups is 1. The fraction of sp³-hybridized carbons (Fsp3) is 0.500. The number of para-hydroxylation sites is 1. The van der Waals surface area contributed by atoms with E-state index < -0.39 is 0 Å². The topological polar surface area (TPSA) is 26.8 Å². The molecule has 0 bridgehead atoms. The van der Waals surface area contributed by atoms with E-state index in [1.54, 1.807) is 12.1 Å². The molecule has 0 unspecified atom stereocenters. The van der Waals surface area contributed by atoms with Crippen molar-refractivity contribution < 1.29 is 9.18 Å². The van der Waals surface area contributed by atoms with Crippen LogP contribution in [0.25, 0.3) is 0 Å². The zero-order valence-corrected chi connectivity index (χ0v) is 19.2. The predicted molar refractivity (Wildman–Crippen MR) is 127 cm³/mol. The lowest BCUT2D eigenvalue weighted by atomic mass is 9.88. The maximum absolute atomic E-state index is 13.3. The third-order valence-electron chi connectivity index (χ3n) is 7.78. The molecule has 0 radical (unpaired) electrons. The molecule has 4 nitrogen and oxygen atoms in total. The van der Waals surface area contributed by atoms with Gasteiger partial charge < -0.3 is 14.7 Å². The van der Waals surface area contributed by atoms with Crippen LogP contribution in [0.2, 0.25) is 0 Å². The summed E-state index contributed by atoms with van der Waals surface area (Å²) in [5.41, 5.74) is 3.65. The van der Waals surface area contributed by atoms with Crippen LogP contribution < -0.4 is 4.90 Å². The van der Waals surface area contributed by atoms with Crippen molar-refractivity contribution in [2.75, 3.05) is 43.4 Å². The van der Waals surface area contributed by atoms with E-state index in [1.165, 1.54) is 53.4 Å². The standard InChI is InChI=1S/C26H30FN3OS/c27-19-9-7-18(8-10-19)26(31)29-12-2-4-20(29)16-28-14-11-23-22(17-28)21-5-1-6-24-25(21)30(23)13-3-15-32-24/h1,5-10,20,22-23H,2-4,11-17H2/t20-,22+,23+/m1/s1. The molecule has 2 fully saturated rings. The van der Waals surface area contributed by atoms with Crippen LogP contribution in [-0.2, 0) is 0 Å². The van der Waals surface area contributed by atoms with Gasteiger partial charge in [0.15, 0.2) is 0 Å². The van der Waals surface area contributed by atoms with Crippen LogP contribution in [0.5, 0.6) is 0 Å². The molecule has 4 aliphatic rings. The average molecular weight is 452 g/mol. The number of halogens is 1. The summed E-state index contributed by atoms with van der Waals surface area (Å²) >= 11 is 2.02. The van der Waals surface area contributed by atoms with E-state index in [-0.39, 0.29) is 17.8 Å². The van der Waals surface area contributed by atoms with Crippen molar-refractivity contribution in [1.82, 2.24) is 9.80 Å². The molecule has 0 aromatic heterocycles. The number of hydrogen-bond donors (Lipinski definition) is 0. The molecule has 1 amide bonds. The number of piperidine rings is 1. The quantitative estimate of drug-likeness (QED) is 0.681. The number of anilines is 1. The second kappa shape index (κ2) is 8.38. The minimum absolute atomic E-state index is 0.0450. The first-order valence-electron chi connectivity index (χ1n) is 12.0. The molecule has 168 valence electrons. The first-order chi connectivity index (χ1) is 15.7. The number of rotatable bonds is 3. The first-order valence-corrected chi connectivity index (χ1v) is 13.0. The van der Waals surface area contributed by atoms with Gasteiger partial charge in [-0.15, -0.1) is 11.8 Å². The van der Waals surface area contributed by atoms with E-state index in [4.69, 9.17) is 0 Å². The Balaban J connectivity index is 1.18. The lowest BCUT2D eigenvalue weighted by molar-refractivity contribution is 0.0681. The van der Waals surface area contributed by atoms with Crippen LogP contribution in [0.4, 0.5) is 10.1 Å². The highest BCUT2D eigenvalue weighted by molar-refractivity contribution is 7.99. The summed E-state index contributed by atoms with van der Waals surface area (Å²) in [6.45, 7) is 5.11. The number of amides is 1. The van der Waals surface area contributed by atoms with Crippen molar-refractivity contribution >= 4 is 23.4 Å². The molecule has 0 N–H and O–H groups in total. The van der Waals surface area contributed by atoms with Crippen molar-refractivity contribution in [3.8, 4) is 0 Å². The highest BCUT2D eigenvalue weighted by Crippen LogP contribution is 2.50. The molecular weight excluding hydrogens is 421 g/mol. The Morgan fingerprint density at radius 3 is 2.78 bits per heavy atom. The molecule has 32 heavy (non-hydrogen) atoms. The van der Waals surface area contributed by atoms with E-state index in [9.17, 15) is 9.18 Å². The molecule has 3 atom stereocenters. The number of carbonyl (C=O) groups is 1. The number of hydrogen-bond acceptors (Lipinski definition) is 4. The number of benzene rings is 2. The van der Waals surface area contributed by atoms with Crippen molar-refractivity contribution in [1.29, 1.82) is 0 Å². The Labute approximate surface area is 193 Å². The van der Waals surface area contributed by atoms with E-state index in [1.807, 2.05) is 16.7 Å². The summed E-state index contributed by atoms with van der Waals surface area (Å²) in [6.07, 6.45) is 4.56. The molecule has 6 rings (SSSR count). The SMILES string of the molecule is O=C(c1ccc(F)cc1)N1CCC[C@@H]1CN1CC[C@H]2[C@@H](C1)c1cccc3c1N2CCCS3. The summed E-state index contributed by atoms with van der Waals surface area (Å²) in [5.74, 6) is 1.54. The Morgan fingerprint density at radius 1 is 1.03 bits per heavy atom. The van der Waals surface area contributed by atoms with Crippen LogP contribution >= 0.6 is 11.8 Å². The summed E-state index contributed by atoms with van der Waals surface area (Å²) in [6, 6.07) is 13.8. The molecule has 4 aliphatic heterocycles. The third-order valence-corrected chi connectivity index (χ3v) is 8.91. The largest absolute Gasteiger partial charge is 0.367 e. The van der Waals surface area contributed by atoms with Gasteiger partial charge in [-0.05, 0) is 67.3 Å². The zero-order chi connectivity index (χ0) is 21.7. The monoisotopic (exact) mass is 451 g/mol. The second-order valence-electron chi connectivity index (χ2n) is 9.61. The van der Waals surface area contributed by atoms with Gasteiger partial charge in [0.2, 0.25) is 0 Å². The van der Waals surface area contributed by atoms with Gasteiger partial charge >= 0.3 is 0 Å². The Bertz CT molecular complexity index is 1010. The van der Waals surface area contributed by atoms with Gasteiger partial charge in [-0.1, -0.05) is 12.1 Å². The van der Waals surface area contributed by atoms with E-state index in [0.717, 1.165) is 39.0 Å². The highest BCUT2D eigenvalue weighted by Gasteiger charge is 2.44. The first kappa shape index (κ1) is 20.5. The molecule has 0 aliphatic carbocycles. The Kier molecular flexibility index (Phi) is 5.38. The fourth-order valence-electron chi connectivity index (χ4n) is 6.32. The maximum Gasteiger partial charge on any atom is 0.254 e. The number of carbonyl (C=O) groups excluding carboxylic acids is 1. The molecule has 0 spiro atoms. The van der Waals surface area contributed by atoms with Gasteiger partial charge in [-0.2, -0.15) is 0 Å². The summed E-state index contributed by atoms with van der Waals surface area (Å²) in [5, 5.41) is 0. The minimum Gasteiger partial charge on any atom is -0.367 e. The molecular formula is C26H30FN3OS. The van der Waals surface area contributed by atoms with Gasteiger partial charge in [-0.3, -0.25) is 4.79 Å². The van der Waals surface area contributed by atoms with E-state index in [0.29, 0.717) is 17.5 Å². The van der Waals surface area contributed by atoms with Gasteiger partial charge in [0.25, 0.3) is 5.91 Å². The summed E-state index contributed by atoms with van der Waals surface area (Å²) in [7, 11) is 0. The molecule has 0 saturated carbocycles. The molecule has 4 heterocycles. The van der Waals surface area contributed by atoms with Gasteiger partial charge in [0.1, 0.15) is 5.82 Å². The van der Waals surface area contributed by atoms with Crippen molar-refractivity contribution in [2.24, 2.45) is 0 Å². The van der Waals surface area contributed by atoms with Crippen molar-refractivity contribution in [2.45, 2.75) is 48.6 Å². The van der Waals surface area contributed by atoms with E-state index in [2.05, 4.69) is 28.0 Å². The zero-order valence-electron chi connectivity index (χ0n) is 18.4. The Morgan fingerprint density at radius 2 is 1.91 bits per heavy atom. The normalized spacial score (nSPS) is 27.2. The molecule has 6 heteroatoms. The van der Waals surface area contributed by atoms with E-state index >= 15 is 0 Å². The molecule has 2 saturated heterocycles. The molecule has 2 aromatic carbocycles. The van der Waals surface area contributed by atoms with Gasteiger partial charge in [-0.25, -0.2) is 4.39 Å². The van der Waals surface area contributed by atoms with Gasteiger partial charge in [0, 0.05) is 61.2 Å². The number of fused-ring (bicyclic) bond motifs is 3. The van der Waals surface area contributed by atoms with Gasteiger partial charge in [0.05, 0.1) is 5.69 Å². The summed E-state index contributed by atoms with van der Waals surface area (Å²) < 4.78 is 13.3. The fourth-order valence-corrected chi connectivity index (χ4v) is 7.36. The van der Waals surface area contributed by atoms with Crippen LogP contribution in [0.15, 0.2) is 47.4 Å². The average Bonchev–Trinajstić information content (AvgIpc) is 3.32. The third kappa shape index (κ3) is 3.52. The van der Waals surface area contributed by atoms with Crippen LogP contribution in [0.3, 0.4) is 0 Å². The smallest absolute Gasteiger partial charge is 0.254 e. The van der Waals surface area contributed by atoms with Crippen molar-refractivity contribution in [3.63, 3.8) is 0 Å². The van der Waals surface area contributed by atoms with Crippen LogP contribution in [0, 0.1) is 5.82 Å². The van der Waals surface area contributed by atoms with Crippen LogP contribution in [-0.4, -0.2) is 66.3 Å². The Hall–Kier alpha value is -2.05. The van der Waals surface area contributed by atoms with Crippen LogP contribution in [0.1, 0.15) is 47.5 Å². The minimum atomic E-state index is -0.297. The summed E-state index contributed by atoms with van der Waals surface area (Å²) in [4.78, 5) is 21.9. The second-order valence-corrected chi connectivity index (χ2v) is 10.7. The number of likely N-dealkylation sites (tertiary alicyclic amines) is 2. The van der Waals surface area contributed by atoms with Crippen molar-refractivity contribution in [3.05, 3.63) is 59.4 Å².